The largest absolute Gasteiger partial charge is 0.443 e. The number of rotatable bonds is 4. The summed E-state index contributed by atoms with van der Waals surface area (Å²) in [5.74, 6) is 0. The van der Waals surface area contributed by atoms with Crippen molar-refractivity contribution < 1.29 is 17.9 Å². The van der Waals surface area contributed by atoms with Crippen LogP contribution in [-0.2, 0) is 14.8 Å². The van der Waals surface area contributed by atoms with Crippen molar-refractivity contribution in [3.63, 3.8) is 0 Å². The first-order valence-electron chi connectivity index (χ1n) is 11.3. The number of nitrogens with zero attached hydrogens (tertiary/aromatic N) is 1. The van der Waals surface area contributed by atoms with E-state index in [4.69, 9.17) is 27.9 Å². The van der Waals surface area contributed by atoms with Crippen molar-refractivity contribution in [2.24, 2.45) is 0 Å². The average molecular weight is 523 g/mol. The second kappa shape index (κ2) is 9.53. The molecular weight excluding hydrogens is 495 g/mol. The van der Waals surface area contributed by atoms with Crippen molar-refractivity contribution in [2.75, 3.05) is 0 Å². The first-order chi connectivity index (χ1) is 16.0. The van der Waals surface area contributed by atoms with E-state index >= 15 is 0 Å². The summed E-state index contributed by atoms with van der Waals surface area (Å²) >= 11 is 12.8. The minimum absolute atomic E-state index is 0.0238. The van der Waals surface area contributed by atoms with Crippen molar-refractivity contribution in [3.05, 3.63) is 52.5 Å². The molecule has 0 spiro atoms. The van der Waals surface area contributed by atoms with Gasteiger partial charge in [0.15, 0.2) is 0 Å². The van der Waals surface area contributed by atoms with E-state index in [-0.39, 0.29) is 16.0 Å². The summed E-state index contributed by atoms with van der Waals surface area (Å²) < 4.78 is 36.3. The van der Waals surface area contributed by atoms with Crippen LogP contribution >= 0.6 is 23.2 Å². The Bertz CT molecular complexity index is 1340. The first kappa shape index (κ1) is 25.0. The third-order valence-electron chi connectivity index (χ3n) is 5.79. The number of nitrogens with one attached hydrogen (secondary N) is 1. The number of aromatic nitrogens is 1. The number of carbonyl (C=O) groups is 1. The van der Waals surface area contributed by atoms with Gasteiger partial charge in [-0.25, -0.2) is 22.5 Å². The summed E-state index contributed by atoms with van der Waals surface area (Å²) in [5, 5.41) is 1.23. The smallest absolute Gasteiger partial charge is 0.419 e. The van der Waals surface area contributed by atoms with Crippen molar-refractivity contribution >= 4 is 50.2 Å². The molecule has 1 aliphatic rings. The highest BCUT2D eigenvalue weighted by Crippen LogP contribution is 2.36. The summed E-state index contributed by atoms with van der Waals surface area (Å²) in [6.07, 6.45) is 4.12. The predicted molar refractivity (Wildman–Crippen MR) is 136 cm³/mol. The van der Waals surface area contributed by atoms with Gasteiger partial charge in [0.1, 0.15) is 10.5 Å². The van der Waals surface area contributed by atoms with Crippen LogP contribution in [0.25, 0.3) is 22.2 Å². The molecule has 0 aliphatic heterocycles. The summed E-state index contributed by atoms with van der Waals surface area (Å²) in [4.78, 5) is 13.2. The van der Waals surface area contributed by atoms with E-state index in [1.54, 1.807) is 45.0 Å². The molecule has 1 aliphatic carbocycles. The molecule has 1 saturated carbocycles. The van der Waals surface area contributed by atoms with Gasteiger partial charge in [0.05, 0.1) is 21.3 Å². The van der Waals surface area contributed by atoms with Crippen LogP contribution in [0.2, 0.25) is 10.0 Å². The van der Waals surface area contributed by atoms with Gasteiger partial charge in [-0.15, -0.1) is 0 Å². The van der Waals surface area contributed by atoms with Crippen LogP contribution in [-0.4, -0.2) is 30.7 Å². The maximum atomic E-state index is 13.2. The molecule has 0 bridgehead atoms. The Hall–Kier alpha value is -2.06. The Morgan fingerprint density at radius 1 is 1.03 bits per heavy atom. The number of benzene rings is 2. The molecule has 9 heteroatoms. The topological polar surface area (TPSA) is 77.4 Å². The molecule has 0 unspecified atom stereocenters. The number of para-hydroxylation sites is 1. The summed E-state index contributed by atoms with van der Waals surface area (Å²) in [6, 6.07) is 11.7. The van der Waals surface area contributed by atoms with Crippen LogP contribution < -0.4 is 4.72 Å². The summed E-state index contributed by atoms with van der Waals surface area (Å²) in [5.41, 5.74) is 0.729. The van der Waals surface area contributed by atoms with E-state index in [1.165, 1.54) is 16.7 Å². The molecule has 0 atom stereocenters. The van der Waals surface area contributed by atoms with Crippen LogP contribution in [0.5, 0.6) is 0 Å². The fraction of sp³-hybridized carbons (Fsp3) is 0.400. The average Bonchev–Trinajstić information content (AvgIpc) is 3.14. The zero-order valence-electron chi connectivity index (χ0n) is 19.4. The van der Waals surface area contributed by atoms with Gasteiger partial charge < -0.3 is 4.74 Å². The van der Waals surface area contributed by atoms with E-state index in [2.05, 4.69) is 4.72 Å². The normalized spacial score (nSPS) is 15.6. The number of halogens is 2. The van der Waals surface area contributed by atoms with Gasteiger partial charge in [-0.1, -0.05) is 60.7 Å². The molecule has 6 nitrogen and oxygen atoms in total. The number of fused-ring (bicyclic) bond motifs is 1. The molecule has 1 heterocycles. The SMILES string of the molecule is CC(C)(C)OC(=O)n1c(-c2ccc(Cl)c(S(=O)(=O)NC3CCCCC3)c2)cc2cccc(Cl)c21. The Kier molecular flexibility index (Phi) is 7.02. The maximum Gasteiger partial charge on any atom is 0.419 e. The van der Waals surface area contributed by atoms with Gasteiger partial charge in [0.2, 0.25) is 10.0 Å². The molecule has 34 heavy (non-hydrogen) atoms. The fourth-order valence-corrected chi connectivity index (χ4v) is 6.40. The lowest BCUT2D eigenvalue weighted by molar-refractivity contribution is 0.0547. The molecule has 1 fully saturated rings. The predicted octanol–water partition coefficient (Wildman–Crippen LogP) is 7.01. The zero-order chi connectivity index (χ0) is 24.7. The van der Waals surface area contributed by atoms with E-state index in [1.807, 2.05) is 6.07 Å². The monoisotopic (exact) mass is 522 g/mol. The molecule has 0 radical (unpaired) electrons. The van der Waals surface area contributed by atoms with Crippen LogP contribution in [0.15, 0.2) is 47.4 Å². The quantitative estimate of drug-likeness (QED) is 0.399. The number of carbonyl (C=O) groups excluding carboxylic acids is 1. The Morgan fingerprint density at radius 3 is 2.41 bits per heavy atom. The highest BCUT2D eigenvalue weighted by molar-refractivity contribution is 7.89. The third-order valence-corrected chi connectivity index (χ3v) is 8.10. The standard InChI is InChI=1S/C25H28Cl2N2O4S/c1-25(2,3)33-24(30)29-21(14-17-8-7-11-20(27)23(17)29)16-12-13-19(26)22(15-16)34(31,32)28-18-9-5-4-6-10-18/h7-8,11-15,18,28H,4-6,9-10H2,1-3H3. The number of hydrogen-bond acceptors (Lipinski definition) is 4. The molecule has 2 aromatic carbocycles. The minimum atomic E-state index is -3.85. The second-order valence-corrected chi connectivity index (χ2v) is 12.1. The van der Waals surface area contributed by atoms with Crippen LogP contribution in [0, 0.1) is 0 Å². The molecular formula is C25H28Cl2N2O4S. The summed E-state index contributed by atoms with van der Waals surface area (Å²) in [7, 11) is -3.85. The highest BCUT2D eigenvalue weighted by Gasteiger charge is 2.27. The van der Waals surface area contributed by atoms with E-state index in [0.29, 0.717) is 21.8 Å². The molecule has 0 saturated heterocycles. The second-order valence-electron chi connectivity index (χ2n) is 9.62. The minimum Gasteiger partial charge on any atom is -0.443 e. The molecule has 3 aromatic rings. The summed E-state index contributed by atoms with van der Waals surface area (Å²) in [6.45, 7) is 5.34. The van der Waals surface area contributed by atoms with Gasteiger partial charge in [0, 0.05) is 17.0 Å². The van der Waals surface area contributed by atoms with E-state index < -0.39 is 21.7 Å². The van der Waals surface area contributed by atoms with Gasteiger partial charge in [0.25, 0.3) is 0 Å². The lowest BCUT2D eigenvalue weighted by atomic mass is 9.96. The lowest BCUT2D eigenvalue weighted by Gasteiger charge is -2.23. The van der Waals surface area contributed by atoms with Crippen molar-refractivity contribution in [2.45, 2.75) is 69.4 Å². The van der Waals surface area contributed by atoms with Gasteiger partial charge in [-0.05, 0) is 57.9 Å². The zero-order valence-corrected chi connectivity index (χ0v) is 21.7. The van der Waals surface area contributed by atoms with Gasteiger partial charge >= 0.3 is 6.09 Å². The Labute approximate surface area is 210 Å². The third kappa shape index (κ3) is 5.28. The van der Waals surface area contributed by atoms with Crippen LogP contribution in [0.3, 0.4) is 0 Å². The molecule has 4 rings (SSSR count). The molecule has 0 amide bonds. The van der Waals surface area contributed by atoms with Gasteiger partial charge in [-0.3, -0.25) is 0 Å². The Morgan fingerprint density at radius 2 is 1.74 bits per heavy atom. The molecule has 1 N–H and O–H groups in total. The van der Waals surface area contributed by atoms with Crippen molar-refractivity contribution in [1.82, 2.24) is 9.29 Å². The van der Waals surface area contributed by atoms with Crippen LogP contribution in [0.1, 0.15) is 52.9 Å². The lowest BCUT2D eigenvalue weighted by Crippen LogP contribution is -2.36. The Balaban J connectivity index is 1.83. The maximum absolute atomic E-state index is 13.2. The number of ether oxygens (including phenoxy) is 1. The first-order valence-corrected chi connectivity index (χ1v) is 13.6. The fourth-order valence-electron chi connectivity index (χ4n) is 4.30. The van der Waals surface area contributed by atoms with Crippen molar-refractivity contribution in [1.29, 1.82) is 0 Å². The van der Waals surface area contributed by atoms with E-state index in [0.717, 1.165) is 37.5 Å². The van der Waals surface area contributed by atoms with Crippen molar-refractivity contribution in [3.8, 4) is 11.3 Å². The molecule has 1 aromatic heterocycles. The van der Waals surface area contributed by atoms with Crippen LogP contribution in [0.4, 0.5) is 4.79 Å². The van der Waals surface area contributed by atoms with Gasteiger partial charge in [-0.2, -0.15) is 0 Å². The number of sulfonamides is 1. The highest BCUT2D eigenvalue weighted by atomic mass is 35.5. The van der Waals surface area contributed by atoms with E-state index in [9.17, 15) is 13.2 Å². The molecule has 182 valence electrons. The number of hydrogen-bond donors (Lipinski definition) is 1.